The highest BCUT2D eigenvalue weighted by Gasteiger charge is 2.50. The molecule has 196 valence electrons. The minimum Gasteiger partial charge on any atom is -0.391 e. The highest BCUT2D eigenvalue weighted by molar-refractivity contribution is 5.96. The molecule has 6 rings (SSSR count). The number of nitrogens with zero attached hydrogens (tertiary/aromatic N) is 3. The van der Waals surface area contributed by atoms with Crippen LogP contribution >= 0.6 is 0 Å². The Morgan fingerprint density at radius 1 is 1.08 bits per heavy atom. The number of benzene rings is 2. The van der Waals surface area contributed by atoms with E-state index in [1.54, 1.807) is 4.90 Å². The van der Waals surface area contributed by atoms with E-state index in [1.807, 2.05) is 34.1 Å². The molecule has 0 unspecified atom stereocenters. The predicted octanol–water partition coefficient (Wildman–Crippen LogP) is 2.08. The molecule has 0 saturated carbocycles. The first-order chi connectivity index (χ1) is 18.0. The summed E-state index contributed by atoms with van der Waals surface area (Å²) >= 11 is 0. The maximum atomic E-state index is 13.9. The van der Waals surface area contributed by atoms with Crippen LogP contribution in [0.2, 0.25) is 0 Å². The number of carbonyl (C=O) groups is 2. The van der Waals surface area contributed by atoms with Gasteiger partial charge in [0, 0.05) is 63.1 Å². The van der Waals surface area contributed by atoms with Crippen LogP contribution in [0.3, 0.4) is 0 Å². The second-order valence-corrected chi connectivity index (χ2v) is 10.7. The van der Waals surface area contributed by atoms with Gasteiger partial charge in [-0.3, -0.25) is 20.5 Å². The molecular formula is C28H35N5O4. The number of aliphatic hydroxyl groups excluding tert-OH is 1. The van der Waals surface area contributed by atoms with E-state index in [0.717, 1.165) is 37.2 Å². The Hall–Kier alpha value is -2.98. The van der Waals surface area contributed by atoms with Crippen molar-refractivity contribution < 1.29 is 19.4 Å². The zero-order valence-corrected chi connectivity index (χ0v) is 21.1. The van der Waals surface area contributed by atoms with Gasteiger partial charge in [-0.15, -0.1) is 0 Å². The molecule has 4 fully saturated rings. The second kappa shape index (κ2) is 10.1. The highest BCUT2D eigenvalue weighted by Crippen LogP contribution is 2.39. The Labute approximate surface area is 217 Å². The Morgan fingerprint density at radius 2 is 1.84 bits per heavy atom. The lowest BCUT2D eigenvalue weighted by Gasteiger charge is -2.40. The van der Waals surface area contributed by atoms with E-state index in [-0.39, 0.29) is 17.5 Å². The van der Waals surface area contributed by atoms with Crippen LogP contribution in [0, 0.1) is 0 Å². The number of carbonyl (C=O) groups excluding carboxylic acids is 2. The number of aliphatic hydroxyl groups is 1. The Kier molecular flexibility index (Phi) is 6.62. The van der Waals surface area contributed by atoms with Crippen molar-refractivity contribution in [1.82, 2.24) is 20.7 Å². The minimum absolute atomic E-state index is 0.00163. The molecule has 2 aromatic rings. The van der Waals surface area contributed by atoms with Gasteiger partial charge in [-0.2, -0.15) is 0 Å². The van der Waals surface area contributed by atoms with Crippen molar-refractivity contribution in [3.8, 4) is 0 Å². The van der Waals surface area contributed by atoms with Crippen molar-refractivity contribution in [2.24, 2.45) is 0 Å². The SMILES string of the molecule is O=C(c1cccc(CN2C(=O)N(c3ccc(C4CNNC4)cc3)CC23CCOCC3)c1)N1CC[C@H](O)C1. The molecule has 0 aromatic heterocycles. The van der Waals surface area contributed by atoms with Gasteiger partial charge in [-0.25, -0.2) is 4.79 Å². The van der Waals surface area contributed by atoms with Crippen LogP contribution < -0.4 is 15.8 Å². The lowest BCUT2D eigenvalue weighted by molar-refractivity contribution is 0.00611. The Balaban J connectivity index is 1.23. The number of anilines is 1. The summed E-state index contributed by atoms with van der Waals surface area (Å²) in [6, 6.07) is 16.0. The van der Waals surface area contributed by atoms with Crippen LogP contribution in [0.4, 0.5) is 10.5 Å². The summed E-state index contributed by atoms with van der Waals surface area (Å²) in [4.78, 5) is 32.5. The minimum atomic E-state index is -0.450. The monoisotopic (exact) mass is 505 g/mol. The third kappa shape index (κ3) is 4.72. The third-order valence-corrected chi connectivity index (χ3v) is 8.37. The van der Waals surface area contributed by atoms with Gasteiger partial charge in [0.15, 0.2) is 0 Å². The number of amides is 3. The van der Waals surface area contributed by atoms with E-state index in [2.05, 4.69) is 35.1 Å². The number of ether oxygens (including phenoxy) is 1. The molecule has 3 N–H and O–H groups in total. The molecule has 0 aliphatic carbocycles. The van der Waals surface area contributed by atoms with Gasteiger partial charge < -0.3 is 19.6 Å². The zero-order valence-electron chi connectivity index (χ0n) is 21.1. The number of hydrogen-bond acceptors (Lipinski definition) is 6. The van der Waals surface area contributed by atoms with E-state index < -0.39 is 6.10 Å². The van der Waals surface area contributed by atoms with Crippen LogP contribution in [0.5, 0.6) is 0 Å². The van der Waals surface area contributed by atoms with Gasteiger partial charge in [0.2, 0.25) is 0 Å². The molecule has 0 radical (unpaired) electrons. The van der Waals surface area contributed by atoms with Crippen LogP contribution in [-0.2, 0) is 11.3 Å². The first-order valence-electron chi connectivity index (χ1n) is 13.3. The molecule has 4 heterocycles. The lowest BCUT2D eigenvalue weighted by Crippen LogP contribution is -2.50. The third-order valence-electron chi connectivity index (χ3n) is 8.37. The Morgan fingerprint density at radius 3 is 2.54 bits per heavy atom. The topological polar surface area (TPSA) is 97.4 Å². The molecule has 0 bridgehead atoms. The maximum absolute atomic E-state index is 13.9. The molecule has 9 nitrogen and oxygen atoms in total. The molecule has 1 atom stereocenters. The summed E-state index contributed by atoms with van der Waals surface area (Å²) in [6.45, 7) is 5.08. The normalized spacial score (nSPS) is 24.0. The van der Waals surface area contributed by atoms with E-state index in [0.29, 0.717) is 57.3 Å². The average Bonchev–Trinajstić information content (AvgIpc) is 3.67. The van der Waals surface area contributed by atoms with Gasteiger partial charge in [0.1, 0.15) is 0 Å². The number of likely N-dealkylation sites (tertiary alicyclic amines) is 1. The summed E-state index contributed by atoms with van der Waals surface area (Å²) in [7, 11) is 0. The predicted molar refractivity (Wildman–Crippen MR) is 139 cm³/mol. The van der Waals surface area contributed by atoms with Gasteiger partial charge in [0.05, 0.1) is 18.2 Å². The highest BCUT2D eigenvalue weighted by atomic mass is 16.5. The quantitative estimate of drug-likeness (QED) is 0.576. The van der Waals surface area contributed by atoms with Crippen molar-refractivity contribution in [2.75, 3.05) is 50.8 Å². The summed E-state index contributed by atoms with van der Waals surface area (Å²) in [5.74, 6) is 0.363. The van der Waals surface area contributed by atoms with Crippen LogP contribution in [0.25, 0.3) is 0 Å². The largest absolute Gasteiger partial charge is 0.391 e. The van der Waals surface area contributed by atoms with Gasteiger partial charge in [0.25, 0.3) is 5.91 Å². The fourth-order valence-electron chi connectivity index (χ4n) is 6.13. The molecule has 37 heavy (non-hydrogen) atoms. The average molecular weight is 506 g/mol. The van der Waals surface area contributed by atoms with E-state index in [4.69, 9.17) is 4.74 Å². The fraction of sp³-hybridized carbons (Fsp3) is 0.500. The van der Waals surface area contributed by atoms with Crippen LogP contribution in [-0.4, -0.2) is 84.4 Å². The second-order valence-electron chi connectivity index (χ2n) is 10.7. The van der Waals surface area contributed by atoms with Gasteiger partial charge in [-0.1, -0.05) is 24.3 Å². The zero-order chi connectivity index (χ0) is 25.4. The summed E-state index contributed by atoms with van der Waals surface area (Å²) in [6.07, 6.45) is 1.74. The van der Waals surface area contributed by atoms with E-state index >= 15 is 0 Å². The standard InChI is InChI=1S/C28H35N5O4/c34-25-8-11-31(18-25)26(35)22-3-1-2-20(14-22)17-33-27(36)32(19-28(33)9-12-37-13-10-28)24-6-4-21(5-7-24)23-15-29-30-16-23/h1-7,14,23,25,29-30,34H,8-13,15-19H2/t25-/m0/s1. The summed E-state index contributed by atoms with van der Waals surface area (Å²) in [5, 5.41) is 9.84. The van der Waals surface area contributed by atoms with Crippen molar-refractivity contribution in [3.63, 3.8) is 0 Å². The van der Waals surface area contributed by atoms with Crippen molar-refractivity contribution in [2.45, 2.75) is 43.4 Å². The number of β-amino-alcohol motifs (C(OH)–C–C–N with tert-alkyl or cyclic N) is 1. The maximum Gasteiger partial charge on any atom is 0.325 e. The Bertz CT molecular complexity index is 1140. The van der Waals surface area contributed by atoms with Crippen molar-refractivity contribution in [3.05, 3.63) is 65.2 Å². The number of nitrogens with one attached hydrogen (secondary N) is 2. The van der Waals surface area contributed by atoms with Crippen LogP contribution in [0.1, 0.15) is 46.7 Å². The summed E-state index contributed by atoms with van der Waals surface area (Å²) in [5.41, 5.74) is 9.76. The fourth-order valence-corrected chi connectivity index (χ4v) is 6.13. The lowest BCUT2D eigenvalue weighted by atomic mass is 9.88. The van der Waals surface area contributed by atoms with Crippen molar-refractivity contribution >= 4 is 17.6 Å². The van der Waals surface area contributed by atoms with Crippen LogP contribution in [0.15, 0.2) is 48.5 Å². The number of hydrogen-bond donors (Lipinski definition) is 3. The molecule has 9 heteroatoms. The van der Waals surface area contributed by atoms with Gasteiger partial charge >= 0.3 is 6.03 Å². The first-order valence-corrected chi connectivity index (χ1v) is 13.3. The first kappa shape index (κ1) is 24.4. The molecule has 3 amide bonds. The summed E-state index contributed by atoms with van der Waals surface area (Å²) < 4.78 is 5.68. The molecule has 4 saturated heterocycles. The smallest absolute Gasteiger partial charge is 0.325 e. The number of hydrazine groups is 1. The van der Waals surface area contributed by atoms with E-state index in [1.165, 1.54) is 5.56 Å². The number of urea groups is 1. The molecular weight excluding hydrogens is 470 g/mol. The molecule has 4 aliphatic heterocycles. The molecule has 1 spiro atoms. The van der Waals surface area contributed by atoms with Crippen molar-refractivity contribution in [1.29, 1.82) is 0 Å². The number of rotatable bonds is 5. The van der Waals surface area contributed by atoms with E-state index in [9.17, 15) is 14.7 Å². The van der Waals surface area contributed by atoms with Gasteiger partial charge in [-0.05, 0) is 54.7 Å². The molecule has 2 aromatic carbocycles. The molecule has 4 aliphatic rings.